The summed E-state index contributed by atoms with van der Waals surface area (Å²) in [4.78, 5) is 54.3. The maximum atomic E-state index is 13.4. The monoisotopic (exact) mass is 830 g/mol. The number of rotatable bonds is 10. The van der Waals surface area contributed by atoms with Crippen LogP contribution < -0.4 is 0 Å². The van der Waals surface area contributed by atoms with E-state index >= 15 is 0 Å². The summed E-state index contributed by atoms with van der Waals surface area (Å²) in [5.41, 5.74) is 6.19. The Kier molecular flexibility index (Phi) is 11.7. The van der Waals surface area contributed by atoms with Crippen molar-refractivity contribution in [2.75, 3.05) is 26.2 Å². The number of imidazole rings is 2. The van der Waals surface area contributed by atoms with E-state index in [0.717, 1.165) is 77.1 Å². The van der Waals surface area contributed by atoms with E-state index < -0.39 is 15.1 Å². The lowest BCUT2D eigenvalue weighted by Gasteiger charge is -2.15. The summed E-state index contributed by atoms with van der Waals surface area (Å²) in [6.45, 7) is 15.5. The molecule has 0 bridgehead atoms. The average Bonchev–Trinajstić information content (AvgIpc) is 4.10. The van der Waals surface area contributed by atoms with Gasteiger partial charge in [-0.2, -0.15) is 10.2 Å². The van der Waals surface area contributed by atoms with Crippen LogP contribution in [0.4, 0.5) is 0 Å². The lowest BCUT2D eigenvalue weighted by molar-refractivity contribution is -0.130. The molecule has 58 heavy (non-hydrogen) atoms. The molecule has 0 saturated carbocycles. The highest BCUT2D eigenvalue weighted by Crippen LogP contribution is 2.35. The summed E-state index contributed by atoms with van der Waals surface area (Å²) in [5.74, 6) is 1.63. The summed E-state index contributed by atoms with van der Waals surface area (Å²) >= 11 is 1.70. The van der Waals surface area contributed by atoms with Gasteiger partial charge in [-0.25, -0.2) is 38.3 Å². The molecule has 0 spiro atoms. The van der Waals surface area contributed by atoms with Crippen LogP contribution in [-0.4, -0.2) is 125 Å². The van der Waals surface area contributed by atoms with Crippen LogP contribution >= 0.6 is 11.8 Å². The number of nitrogens with zero attached hydrogens (tertiary/aromatic N) is 14. The Labute approximate surface area is 341 Å². The van der Waals surface area contributed by atoms with Crippen LogP contribution in [-0.2, 0) is 46.6 Å². The Hall–Kier alpha value is -5.24. The van der Waals surface area contributed by atoms with Crippen molar-refractivity contribution in [2.24, 2.45) is 14.1 Å². The molecule has 2 atom stereocenters. The molecule has 8 heterocycles. The molecule has 0 aromatic carbocycles. The van der Waals surface area contributed by atoms with Gasteiger partial charge in [-0.15, -0.1) is 0 Å². The number of hydrogen-bond donors (Lipinski definition) is 0. The number of aromatic nitrogens is 12. The molecule has 20 heteroatoms. The first-order valence-corrected chi connectivity index (χ1v) is 22.1. The predicted octanol–water partition coefficient (Wildman–Crippen LogP) is 4.00. The summed E-state index contributed by atoms with van der Waals surface area (Å²) < 4.78 is 34.4. The number of thioether (sulfide) groups is 1. The van der Waals surface area contributed by atoms with Crippen LogP contribution in [0.15, 0.2) is 35.1 Å². The molecule has 18 nitrogen and oxygen atoms in total. The molecule has 2 amide bonds. The third-order valence-electron chi connectivity index (χ3n) is 11.1. The minimum Gasteiger partial charge on any atom is -0.342 e. The second kappa shape index (κ2) is 16.6. The van der Waals surface area contributed by atoms with E-state index in [9.17, 15) is 18.0 Å². The van der Waals surface area contributed by atoms with Crippen molar-refractivity contribution >= 4 is 55.7 Å². The molecular weight excluding hydrogens is 781 g/mol. The van der Waals surface area contributed by atoms with Crippen LogP contribution in [0.25, 0.3) is 45.1 Å². The number of carbonyl (C=O) groups is 2. The summed E-state index contributed by atoms with van der Waals surface area (Å²) in [6.07, 6.45) is 8.74. The van der Waals surface area contributed by atoms with Crippen molar-refractivity contribution in [3.63, 3.8) is 0 Å². The Bertz CT molecular complexity index is 2610. The molecular formula is C38H50N14O4S2. The van der Waals surface area contributed by atoms with E-state index in [0.29, 0.717) is 42.5 Å². The molecule has 6 aromatic heterocycles. The fraction of sp³-hybridized carbons (Fsp3) is 0.526. The van der Waals surface area contributed by atoms with Crippen molar-refractivity contribution in [3.8, 4) is 22.8 Å². The normalized spacial score (nSPS) is 17.1. The standard InChI is InChI=1S/C19H25N7O3S.C19H25N7OS/c1-5-15(27)25-8-7-13(10-25)30(28,29)19-16-18(20-11-21-19)24(4)17(23-16)14-9-22-26(6-2)12(14)3;1-5-15(27)25-8-7-13(10-25)28-19-16-18(20-11-21-19)24(4)17(23-16)14-9-22-26(6-2)12(14)3/h9,11,13H,5-8,10H2,1-4H3;9,11,13H,5-8,10H2,1-4H3. The number of likely N-dealkylation sites (tertiary alicyclic amines) is 2. The smallest absolute Gasteiger partial charge is 0.222 e. The third kappa shape index (κ3) is 7.35. The first kappa shape index (κ1) is 40.9. The molecule has 2 aliphatic rings. The summed E-state index contributed by atoms with van der Waals surface area (Å²) in [6, 6.07) is 0. The SMILES string of the molecule is CCC(=O)N1CCC(S(=O)(=O)c2ncnc3c2nc(-c2cnn(CC)c2C)n3C)C1.CCC(=O)N1CCC(Sc2ncnc3c2nc(-c2cnn(CC)c2C)n3C)C1. The van der Waals surface area contributed by atoms with Crippen LogP contribution in [0.3, 0.4) is 0 Å². The van der Waals surface area contributed by atoms with Gasteiger partial charge in [0.1, 0.15) is 40.4 Å². The topological polar surface area (TPSA) is 198 Å². The highest BCUT2D eigenvalue weighted by Gasteiger charge is 2.38. The number of sulfone groups is 1. The zero-order valence-corrected chi connectivity index (χ0v) is 35.9. The van der Waals surface area contributed by atoms with E-state index in [1.807, 2.05) is 52.8 Å². The van der Waals surface area contributed by atoms with Crippen molar-refractivity contribution in [1.29, 1.82) is 0 Å². The molecule has 0 N–H and O–H groups in total. The largest absolute Gasteiger partial charge is 0.342 e. The molecule has 308 valence electrons. The van der Waals surface area contributed by atoms with Crippen LogP contribution in [0.1, 0.15) is 64.8 Å². The number of aryl methyl sites for hydroxylation is 4. The highest BCUT2D eigenvalue weighted by molar-refractivity contribution is 8.00. The fourth-order valence-corrected chi connectivity index (χ4v) is 10.6. The molecule has 8 rings (SSSR count). The van der Waals surface area contributed by atoms with E-state index in [4.69, 9.17) is 4.98 Å². The molecule has 2 unspecified atom stereocenters. The van der Waals surface area contributed by atoms with Crippen LogP contribution in [0, 0.1) is 13.8 Å². The second-order valence-electron chi connectivity index (χ2n) is 14.5. The predicted molar refractivity (Wildman–Crippen MR) is 219 cm³/mol. The van der Waals surface area contributed by atoms with E-state index in [-0.39, 0.29) is 28.9 Å². The molecule has 0 aliphatic carbocycles. The molecule has 6 aromatic rings. The van der Waals surface area contributed by atoms with Crippen molar-refractivity contribution in [1.82, 2.24) is 68.4 Å². The lowest BCUT2D eigenvalue weighted by atomic mass is 10.2. The number of carbonyl (C=O) groups excluding carboxylic acids is 2. The minimum absolute atomic E-state index is 0.0379. The van der Waals surface area contributed by atoms with Gasteiger partial charge < -0.3 is 18.9 Å². The summed E-state index contributed by atoms with van der Waals surface area (Å²) in [5, 5.41) is 9.25. The van der Waals surface area contributed by atoms with E-state index in [1.165, 1.54) is 6.33 Å². The fourth-order valence-electron chi connectivity index (χ4n) is 7.72. The lowest BCUT2D eigenvalue weighted by Crippen LogP contribution is -2.31. The van der Waals surface area contributed by atoms with Gasteiger partial charge in [0, 0.05) is 82.8 Å². The maximum Gasteiger partial charge on any atom is 0.222 e. The Morgan fingerprint density at radius 1 is 0.724 bits per heavy atom. The molecule has 2 saturated heterocycles. The van der Waals surface area contributed by atoms with Crippen molar-refractivity contribution < 1.29 is 18.0 Å². The van der Waals surface area contributed by atoms with Gasteiger partial charge in [-0.05, 0) is 40.5 Å². The number of amides is 2. The van der Waals surface area contributed by atoms with Crippen LogP contribution in [0.2, 0.25) is 0 Å². The molecule has 2 aliphatic heterocycles. The van der Waals surface area contributed by atoms with Gasteiger partial charge in [-0.3, -0.25) is 19.0 Å². The van der Waals surface area contributed by atoms with Gasteiger partial charge >= 0.3 is 0 Å². The van der Waals surface area contributed by atoms with E-state index in [2.05, 4.69) is 49.0 Å². The average molecular weight is 831 g/mol. The third-order valence-corrected chi connectivity index (χ3v) is 14.5. The van der Waals surface area contributed by atoms with E-state index in [1.54, 1.807) is 47.7 Å². The zero-order chi connectivity index (χ0) is 41.5. The summed E-state index contributed by atoms with van der Waals surface area (Å²) in [7, 11) is 0.00103. The van der Waals surface area contributed by atoms with Gasteiger partial charge in [0.25, 0.3) is 0 Å². The van der Waals surface area contributed by atoms with Crippen LogP contribution in [0.5, 0.6) is 0 Å². The first-order valence-electron chi connectivity index (χ1n) is 19.7. The Balaban J connectivity index is 0.000000177. The van der Waals surface area contributed by atoms with Gasteiger partial charge in [0.2, 0.25) is 21.7 Å². The zero-order valence-electron chi connectivity index (χ0n) is 34.2. The van der Waals surface area contributed by atoms with Gasteiger partial charge in [0.05, 0.1) is 28.8 Å². The number of hydrogen-bond acceptors (Lipinski definition) is 13. The molecule has 0 radical (unpaired) electrons. The van der Waals surface area contributed by atoms with Crippen molar-refractivity contribution in [2.45, 2.75) is 101 Å². The highest BCUT2D eigenvalue weighted by atomic mass is 32.2. The minimum atomic E-state index is -3.78. The quantitative estimate of drug-likeness (QED) is 0.180. The van der Waals surface area contributed by atoms with Gasteiger partial charge in [0.15, 0.2) is 16.3 Å². The number of fused-ring (bicyclic) bond motifs is 2. The van der Waals surface area contributed by atoms with Gasteiger partial charge in [-0.1, -0.05) is 25.6 Å². The molecule has 2 fully saturated rings. The first-order chi connectivity index (χ1) is 27.8. The Morgan fingerprint density at radius 3 is 1.79 bits per heavy atom. The second-order valence-corrected chi connectivity index (χ2v) is 17.9. The maximum absolute atomic E-state index is 13.4. The Morgan fingerprint density at radius 2 is 1.24 bits per heavy atom. The van der Waals surface area contributed by atoms with Crippen molar-refractivity contribution in [3.05, 3.63) is 36.4 Å².